The van der Waals surface area contributed by atoms with Crippen LogP contribution >= 0.6 is 0 Å². The molecular formula is C16H23FN2O2. The van der Waals surface area contributed by atoms with Crippen LogP contribution in [0.2, 0.25) is 0 Å². The van der Waals surface area contributed by atoms with Gasteiger partial charge >= 0.3 is 0 Å². The average Bonchev–Trinajstić information content (AvgIpc) is 2.41. The van der Waals surface area contributed by atoms with Crippen molar-refractivity contribution in [1.82, 2.24) is 10.6 Å². The van der Waals surface area contributed by atoms with E-state index in [1.807, 2.05) is 6.07 Å². The standard InChI is InChI=1S/C16H23FN2O2/c1-21-11-10-18-8-9-19-15(20)16(6-3-7-16)13-4-2-5-14(17)12-13/h2,4-5,12,18H,3,6-11H2,1H3,(H,19,20). The van der Waals surface area contributed by atoms with E-state index in [0.717, 1.165) is 31.4 Å². The van der Waals surface area contributed by atoms with Crippen LogP contribution in [0, 0.1) is 5.82 Å². The van der Waals surface area contributed by atoms with Gasteiger partial charge in [0.25, 0.3) is 0 Å². The molecule has 1 amide bonds. The summed E-state index contributed by atoms with van der Waals surface area (Å²) in [5.74, 6) is -0.277. The van der Waals surface area contributed by atoms with Crippen molar-refractivity contribution in [3.63, 3.8) is 0 Å². The molecule has 0 aromatic heterocycles. The Morgan fingerprint density at radius 2 is 2.14 bits per heavy atom. The summed E-state index contributed by atoms with van der Waals surface area (Å²) in [7, 11) is 1.66. The van der Waals surface area contributed by atoms with Gasteiger partial charge in [-0.25, -0.2) is 4.39 Å². The molecule has 1 saturated carbocycles. The normalized spacial score (nSPS) is 16.3. The van der Waals surface area contributed by atoms with Gasteiger partial charge in [0.05, 0.1) is 12.0 Å². The highest BCUT2D eigenvalue weighted by atomic mass is 19.1. The SMILES string of the molecule is COCCNCCNC(=O)C1(c2cccc(F)c2)CCC1. The van der Waals surface area contributed by atoms with Crippen molar-refractivity contribution in [3.05, 3.63) is 35.6 Å². The largest absolute Gasteiger partial charge is 0.383 e. The van der Waals surface area contributed by atoms with E-state index in [9.17, 15) is 9.18 Å². The Hall–Kier alpha value is -1.46. The highest BCUT2D eigenvalue weighted by molar-refractivity contribution is 5.89. The van der Waals surface area contributed by atoms with Gasteiger partial charge in [0.2, 0.25) is 5.91 Å². The number of methoxy groups -OCH3 is 1. The molecule has 1 aromatic carbocycles. The van der Waals surface area contributed by atoms with Crippen molar-refractivity contribution in [3.8, 4) is 0 Å². The summed E-state index contributed by atoms with van der Waals surface area (Å²) in [5.41, 5.74) is 0.257. The van der Waals surface area contributed by atoms with E-state index in [0.29, 0.717) is 19.7 Å². The Kier molecular flexibility index (Phi) is 5.70. The highest BCUT2D eigenvalue weighted by Gasteiger charge is 2.45. The topological polar surface area (TPSA) is 50.4 Å². The predicted octanol–water partition coefficient (Wildman–Crippen LogP) is 1.60. The zero-order valence-corrected chi connectivity index (χ0v) is 12.5. The first-order valence-electron chi connectivity index (χ1n) is 7.43. The van der Waals surface area contributed by atoms with Crippen LogP contribution in [0.25, 0.3) is 0 Å². The zero-order valence-electron chi connectivity index (χ0n) is 12.5. The first kappa shape index (κ1) is 15.9. The second-order valence-electron chi connectivity index (χ2n) is 5.44. The van der Waals surface area contributed by atoms with Crippen LogP contribution in [0.5, 0.6) is 0 Å². The van der Waals surface area contributed by atoms with Gasteiger partial charge in [0, 0.05) is 26.7 Å². The smallest absolute Gasteiger partial charge is 0.230 e. The molecular weight excluding hydrogens is 271 g/mol. The summed E-state index contributed by atoms with van der Waals surface area (Å²) >= 11 is 0. The van der Waals surface area contributed by atoms with Crippen LogP contribution in [0.3, 0.4) is 0 Å². The minimum Gasteiger partial charge on any atom is -0.383 e. The molecule has 0 radical (unpaired) electrons. The third-order valence-electron chi connectivity index (χ3n) is 4.09. The third kappa shape index (κ3) is 3.80. The number of hydrogen-bond acceptors (Lipinski definition) is 3. The molecule has 0 saturated heterocycles. The lowest BCUT2D eigenvalue weighted by molar-refractivity contribution is -0.129. The average molecular weight is 294 g/mol. The van der Waals surface area contributed by atoms with Crippen molar-refractivity contribution < 1.29 is 13.9 Å². The molecule has 1 aromatic rings. The summed E-state index contributed by atoms with van der Waals surface area (Å²) < 4.78 is 18.3. The van der Waals surface area contributed by atoms with Crippen molar-refractivity contribution in [2.75, 3.05) is 33.4 Å². The lowest BCUT2D eigenvalue weighted by Gasteiger charge is -2.40. The number of hydrogen-bond donors (Lipinski definition) is 2. The molecule has 0 atom stereocenters. The van der Waals surface area contributed by atoms with Gasteiger partial charge in [-0.1, -0.05) is 18.6 Å². The van der Waals surface area contributed by atoms with Crippen LogP contribution in [0.1, 0.15) is 24.8 Å². The molecule has 4 nitrogen and oxygen atoms in total. The van der Waals surface area contributed by atoms with Crippen LogP contribution in [-0.4, -0.2) is 39.3 Å². The number of benzene rings is 1. The number of halogens is 1. The molecule has 5 heteroatoms. The molecule has 0 aliphatic heterocycles. The van der Waals surface area contributed by atoms with Gasteiger partial charge in [-0.05, 0) is 30.5 Å². The molecule has 0 spiro atoms. The maximum atomic E-state index is 13.4. The van der Waals surface area contributed by atoms with Crippen molar-refractivity contribution >= 4 is 5.91 Å². The molecule has 2 rings (SSSR count). The van der Waals surface area contributed by atoms with Gasteiger partial charge in [0.15, 0.2) is 0 Å². The summed E-state index contributed by atoms with van der Waals surface area (Å²) in [6, 6.07) is 6.41. The molecule has 21 heavy (non-hydrogen) atoms. The van der Waals surface area contributed by atoms with Crippen LogP contribution in [0.4, 0.5) is 4.39 Å². The lowest BCUT2D eigenvalue weighted by atomic mass is 9.64. The van der Waals surface area contributed by atoms with Crippen LogP contribution in [-0.2, 0) is 14.9 Å². The Labute approximate surface area is 125 Å². The molecule has 0 heterocycles. The van der Waals surface area contributed by atoms with Gasteiger partial charge in [0.1, 0.15) is 5.82 Å². The molecule has 0 bridgehead atoms. The Balaban J connectivity index is 1.87. The van der Waals surface area contributed by atoms with Gasteiger partial charge < -0.3 is 15.4 Å². The first-order chi connectivity index (χ1) is 10.2. The van der Waals surface area contributed by atoms with E-state index in [4.69, 9.17) is 4.74 Å². The quantitative estimate of drug-likeness (QED) is 0.716. The number of rotatable bonds is 8. The summed E-state index contributed by atoms with van der Waals surface area (Å²) in [5, 5.41) is 6.13. The second kappa shape index (κ2) is 7.52. The highest BCUT2D eigenvalue weighted by Crippen LogP contribution is 2.44. The van der Waals surface area contributed by atoms with Gasteiger partial charge in [-0.15, -0.1) is 0 Å². The van der Waals surface area contributed by atoms with Crippen molar-refractivity contribution in [2.24, 2.45) is 0 Å². The first-order valence-corrected chi connectivity index (χ1v) is 7.43. The maximum Gasteiger partial charge on any atom is 0.230 e. The summed E-state index contributed by atoms with van der Waals surface area (Å²) in [6.07, 6.45) is 2.59. The molecule has 1 aliphatic rings. The van der Waals surface area contributed by atoms with E-state index in [-0.39, 0.29) is 11.7 Å². The number of nitrogens with one attached hydrogen (secondary N) is 2. The summed E-state index contributed by atoms with van der Waals surface area (Å²) in [4.78, 5) is 12.5. The zero-order chi connectivity index (χ0) is 15.1. The molecule has 0 unspecified atom stereocenters. The number of carbonyl (C=O) groups is 1. The Morgan fingerprint density at radius 3 is 2.76 bits per heavy atom. The fourth-order valence-corrected chi connectivity index (χ4v) is 2.70. The predicted molar refractivity (Wildman–Crippen MR) is 79.7 cm³/mol. The minimum absolute atomic E-state index is 0.00731. The van der Waals surface area contributed by atoms with E-state index < -0.39 is 5.41 Å². The summed E-state index contributed by atoms with van der Waals surface area (Å²) in [6.45, 7) is 2.69. The van der Waals surface area contributed by atoms with Gasteiger partial charge in [-0.2, -0.15) is 0 Å². The van der Waals surface area contributed by atoms with E-state index in [1.54, 1.807) is 13.2 Å². The van der Waals surface area contributed by atoms with Crippen molar-refractivity contribution in [1.29, 1.82) is 0 Å². The number of ether oxygens (including phenoxy) is 1. The van der Waals surface area contributed by atoms with Crippen LogP contribution in [0.15, 0.2) is 24.3 Å². The second-order valence-corrected chi connectivity index (χ2v) is 5.44. The molecule has 2 N–H and O–H groups in total. The van der Waals surface area contributed by atoms with Crippen LogP contribution < -0.4 is 10.6 Å². The number of carbonyl (C=O) groups excluding carboxylic acids is 1. The lowest BCUT2D eigenvalue weighted by Crippen LogP contribution is -2.50. The number of amides is 1. The van der Waals surface area contributed by atoms with E-state index in [1.165, 1.54) is 12.1 Å². The van der Waals surface area contributed by atoms with E-state index >= 15 is 0 Å². The fraction of sp³-hybridized carbons (Fsp3) is 0.562. The minimum atomic E-state index is -0.533. The van der Waals surface area contributed by atoms with Gasteiger partial charge in [-0.3, -0.25) is 4.79 Å². The molecule has 1 aliphatic carbocycles. The monoisotopic (exact) mass is 294 g/mol. The fourth-order valence-electron chi connectivity index (χ4n) is 2.70. The van der Waals surface area contributed by atoms with Crippen molar-refractivity contribution in [2.45, 2.75) is 24.7 Å². The maximum absolute atomic E-state index is 13.4. The Morgan fingerprint density at radius 1 is 1.33 bits per heavy atom. The van der Waals surface area contributed by atoms with E-state index in [2.05, 4.69) is 10.6 Å². The molecule has 1 fully saturated rings. The third-order valence-corrected chi connectivity index (χ3v) is 4.09. The molecule has 116 valence electrons. The Bertz CT molecular complexity index is 475.